The van der Waals surface area contributed by atoms with E-state index < -0.39 is 12.1 Å². The summed E-state index contributed by atoms with van der Waals surface area (Å²) in [6.45, 7) is 7.42. The number of aliphatic hydroxyl groups is 1. The summed E-state index contributed by atoms with van der Waals surface area (Å²) in [4.78, 5) is 16.5. The van der Waals surface area contributed by atoms with Crippen LogP contribution in [0.3, 0.4) is 0 Å². The molecule has 0 amide bonds. The predicted octanol–water partition coefficient (Wildman–Crippen LogP) is 0.277. The van der Waals surface area contributed by atoms with Crippen molar-refractivity contribution in [3.63, 3.8) is 0 Å². The van der Waals surface area contributed by atoms with Gasteiger partial charge in [0.2, 0.25) is 0 Å². The second-order valence-corrected chi connectivity index (χ2v) is 3.62. The van der Waals surface area contributed by atoms with Gasteiger partial charge >= 0.3 is 5.97 Å². The van der Waals surface area contributed by atoms with Gasteiger partial charge in [-0.1, -0.05) is 12.2 Å². The van der Waals surface area contributed by atoms with E-state index in [0.29, 0.717) is 18.8 Å². The van der Waals surface area contributed by atoms with Crippen LogP contribution in [0.25, 0.3) is 0 Å². The molecule has 2 atom stereocenters. The normalized spacial score (nSPS) is 21.4. The lowest BCUT2D eigenvalue weighted by Crippen LogP contribution is -2.39. The number of carbonyl (C=O) groups is 1. The third-order valence-electron chi connectivity index (χ3n) is 2.32. The molecule has 0 bridgehead atoms. The maximum atomic E-state index is 10.7. The molecule has 5 heteroatoms. The maximum Gasteiger partial charge on any atom is 0.323 e. The first kappa shape index (κ1) is 12.4. The van der Waals surface area contributed by atoms with E-state index >= 15 is 0 Å². The zero-order valence-corrected chi connectivity index (χ0v) is 9.04. The fraction of sp³-hybridized carbons (Fsp3) is 0.455. The summed E-state index contributed by atoms with van der Waals surface area (Å²) in [7, 11) is 0. The number of rotatable bonds is 6. The standard InChI is InChI=1S/C11H16N2O3/c1-3-5-8-6-13(7-10(15)16)11(12-8)9(14)4-2/h3-4,8-9,14H,1-2,5-7H2,(H,15,16). The Kier molecular flexibility index (Phi) is 4.25. The summed E-state index contributed by atoms with van der Waals surface area (Å²) in [6.07, 6.45) is 2.83. The number of aliphatic carboxylic acids is 1. The lowest BCUT2D eigenvalue weighted by Gasteiger charge is -2.20. The van der Waals surface area contributed by atoms with E-state index in [2.05, 4.69) is 18.2 Å². The Balaban J connectivity index is 2.77. The van der Waals surface area contributed by atoms with Crippen LogP contribution < -0.4 is 0 Å². The third-order valence-corrected chi connectivity index (χ3v) is 2.32. The van der Waals surface area contributed by atoms with E-state index in [-0.39, 0.29) is 12.6 Å². The SMILES string of the molecule is C=CCC1CN(CC(=O)O)C(C(O)C=C)=N1. The van der Waals surface area contributed by atoms with Crippen LogP contribution in [-0.2, 0) is 4.79 Å². The monoisotopic (exact) mass is 224 g/mol. The molecule has 5 nitrogen and oxygen atoms in total. The Morgan fingerprint density at radius 3 is 2.88 bits per heavy atom. The lowest BCUT2D eigenvalue weighted by atomic mass is 10.2. The first-order valence-electron chi connectivity index (χ1n) is 5.04. The fourth-order valence-electron chi connectivity index (χ4n) is 1.65. The van der Waals surface area contributed by atoms with E-state index in [0.717, 1.165) is 0 Å². The molecular formula is C11H16N2O3. The van der Waals surface area contributed by atoms with E-state index in [1.807, 2.05) is 0 Å². The molecule has 1 aliphatic rings. The van der Waals surface area contributed by atoms with Crippen molar-refractivity contribution in [3.8, 4) is 0 Å². The Morgan fingerprint density at radius 1 is 1.69 bits per heavy atom. The van der Waals surface area contributed by atoms with Gasteiger partial charge in [0, 0.05) is 6.54 Å². The molecule has 2 unspecified atom stereocenters. The number of aliphatic imine (C=N–C) groups is 1. The first-order valence-corrected chi connectivity index (χ1v) is 5.04. The predicted molar refractivity (Wildman–Crippen MR) is 61.4 cm³/mol. The third kappa shape index (κ3) is 2.93. The maximum absolute atomic E-state index is 10.7. The molecule has 16 heavy (non-hydrogen) atoms. The number of nitrogens with zero attached hydrogens (tertiary/aromatic N) is 2. The number of carboxylic acid groups (broad SMARTS) is 1. The van der Waals surface area contributed by atoms with E-state index in [1.165, 1.54) is 6.08 Å². The minimum atomic E-state index is -0.941. The Bertz CT molecular complexity index is 325. The van der Waals surface area contributed by atoms with Crippen LogP contribution >= 0.6 is 0 Å². The van der Waals surface area contributed by atoms with Gasteiger partial charge in [-0.15, -0.1) is 13.2 Å². The number of hydrogen-bond donors (Lipinski definition) is 2. The highest BCUT2D eigenvalue weighted by Gasteiger charge is 2.28. The van der Waals surface area contributed by atoms with Gasteiger partial charge < -0.3 is 15.1 Å². The van der Waals surface area contributed by atoms with Gasteiger partial charge in [-0.25, -0.2) is 0 Å². The van der Waals surface area contributed by atoms with E-state index in [1.54, 1.807) is 11.0 Å². The fourth-order valence-corrected chi connectivity index (χ4v) is 1.65. The van der Waals surface area contributed by atoms with Gasteiger partial charge in [0.25, 0.3) is 0 Å². The average Bonchev–Trinajstić information content (AvgIpc) is 2.59. The van der Waals surface area contributed by atoms with Crippen molar-refractivity contribution in [1.82, 2.24) is 4.90 Å². The van der Waals surface area contributed by atoms with Crippen LogP contribution in [0, 0.1) is 0 Å². The molecular weight excluding hydrogens is 208 g/mol. The summed E-state index contributed by atoms with van der Waals surface area (Å²) in [6, 6.07) is -0.0264. The topological polar surface area (TPSA) is 73.1 Å². The molecule has 0 spiro atoms. The quantitative estimate of drug-likeness (QED) is 0.635. The molecule has 2 N–H and O–H groups in total. The van der Waals surface area contributed by atoms with Crippen molar-refractivity contribution < 1.29 is 15.0 Å². The smallest absolute Gasteiger partial charge is 0.323 e. The molecule has 0 saturated heterocycles. The Morgan fingerprint density at radius 2 is 2.38 bits per heavy atom. The van der Waals surface area contributed by atoms with Crippen molar-refractivity contribution >= 4 is 11.8 Å². The molecule has 1 rings (SSSR count). The molecule has 0 aliphatic carbocycles. The summed E-state index contributed by atoms with van der Waals surface area (Å²) >= 11 is 0. The molecule has 0 radical (unpaired) electrons. The van der Waals surface area contributed by atoms with Crippen LogP contribution in [0.15, 0.2) is 30.3 Å². The van der Waals surface area contributed by atoms with Crippen molar-refractivity contribution in [2.24, 2.45) is 4.99 Å². The highest BCUT2D eigenvalue weighted by molar-refractivity contribution is 5.91. The zero-order chi connectivity index (χ0) is 12.1. The second-order valence-electron chi connectivity index (χ2n) is 3.62. The molecule has 1 aliphatic heterocycles. The molecule has 0 aromatic heterocycles. The average molecular weight is 224 g/mol. The molecule has 88 valence electrons. The second kappa shape index (κ2) is 5.46. The van der Waals surface area contributed by atoms with E-state index in [4.69, 9.17) is 5.11 Å². The van der Waals surface area contributed by atoms with Crippen molar-refractivity contribution in [2.45, 2.75) is 18.6 Å². The summed E-state index contributed by atoms with van der Waals surface area (Å²) in [5.41, 5.74) is 0. The summed E-state index contributed by atoms with van der Waals surface area (Å²) < 4.78 is 0. The van der Waals surface area contributed by atoms with Crippen molar-refractivity contribution in [3.05, 3.63) is 25.3 Å². The van der Waals surface area contributed by atoms with Crippen LogP contribution in [0.4, 0.5) is 0 Å². The molecule has 1 heterocycles. The minimum absolute atomic E-state index is 0.0264. The van der Waals surface area contributed by atoms with Gasteiger partial charge in [-0.05, 0) is 6.42 Å². The first-order chi connectivity index (χ1) is 7.58. The molecule has 0 aromatic rings. The highest BCUT2D eigenvalue weighted by Crippen LogP contribution is 2.15. The lowest BCUT2D eigenvalue weighted by molar-refractivity contribution is -0.137. The molecule has 0 fully saturated rings. The number of carboxylic acids is 1. The summed E-state index contributed by atoms with van der Waals surface area (Å²) in [5.74, 6) is -0.563. The van der Waals surface area contributed by atoms with Crippen LogP contribution in [0.5, 0.6) is 0 Å². The summed E-state index contributed by atoms with van der Waals surface area (Å²) in [5, 5.41) is 18.4. The largest absolute Gasteiger partial charge is 0.480 e. The van der Waals surface area contributed by atoms with Crippen molar-refractivity contribution in [1.29, 1.82) is 0 Å². The van der Waals surface area contributed by atoms with Crippen LogP contribution in [0.2, 0.25) is 0 Å². The zero-order valence-electron chi connectivity index (χ0n) is 9.04. The molecule has 0 saturated carbocycles. The Labute approximate surface area is 94.4 Å². The van der Waals surface area contributed by atoms with Crippen LogP contribution in [-0.4, -0.2) is 52.2 Å². The van der Waals surface area contributed by atoms with Gasteiger partial charge in [0.15, 0.2) is 0 Å². The van der Waals surface area contributed by atoms with Crippen molar-refractivity contribution in [2.75, 3.05) is 13.1 Å². The number of amidine groups is 1. The molecule has 0 aromatic carbocycles. The van der Waals surface area contributed by atoms with E-state index in [9.17, 15) is 9.90 Å². The van der Waals surface area contributed by atoms with Crippen LogP contribution in [0.1, 0.15) is 6.42 Å². The highest BCUT2D eigenvalue weighted by atomic mass is 16.4. The van der Waals surface area contributed by atoms with Gasteiger partial charge in [-0.3, -0.25) is 9.79 Å². The van der Waals surface area contributed by atoms with Gasteiger partial charge in [0.1, 0.15) is 18.5 Å². The van der Waals surface area contributed by atoms with Gasteiger partial charge in [-0.2, -0.15) is 0 Å². The number of hydrogen-bond acceptors (Lipinski definition) is 4. The Hall–Kier alpha value is -1.62. The minimum Gasteiger partial charge on any atom is -0.480 e. The number of aliphatic hydroxyl groups excluding tert-OH is 1. The van der Waals surface area contributed by atoms with Gasteiger partial charge in [0.05, 0.1) is 6.04 Å².